The van der Waals surface area contributed by atoms with Crippen molar-refractivity contribution in [2.24, 2.45) is 5.73 Å². The molecule has 2 rings (SSSR count). The van der Waals surface area contributed by atoms with Gasteiger partial charge in [-0.2, -0.15) is 0 Å². The van der Waals surface area contributed by atoms with Gasteiger partial charge in [-0.15, -0.1) is 0 Å². The number of benzene rings is 1. The van der Waals surface area contributed by atoms with Crippen LogP contribution in [0, 0.1) is 0 Å². The summed E-state index contributed by atoms with van der Waals surface area (Å²) in [5.74, 6) is 0.687. The average Bonchev–Trinajstić information content (AvgIpc) is 2.67. The van der Waals surface area contributed by atoms with E-state index in [1.54, 1.807) is 6.26 Å². The highest BCUT2D eigenvalue weighted by molar-refractivity contribution is 9.10. The number of hydrogen-bond acceptors (Lipinski definition) is 3. The summed E-state index contributed by atoms with van der Waals surface area (Å²) in [7, 11) is 0. The Labute approximate surface area is 96.4 Å². The summed E-state index contributed by atoms with van der Waals surface area (Å²) >= 11 is 3.42. The molecular weight excluding hydrogens is 256 g/mol. The lowest BCUT2D eigenvalue weighted by Gasteiger charge is -1.95. The Hall–Kier alpha value is -1.13. The predicted molar refractivity (Wildman–Crippen MR) is 62.4 cm³/mol. The summed E-state index contributed by atoms with van der Waals surface area (Å²) in [6, 6.07) is 7.94. The molecule has 78 valence electrons. The molecule has 3 nitrogen and oxygen atoms in total. The Morgan fingerprint density at radius 1 is 1.40 bits per heavy atom. The predicted octanol–water partition coefficient (Wildman–Crippen LogP) is 2.61. The molecule has 1 heterocycles. The van der Waals surface area contributed by atoms with Gasteiger partial charge in [0.25, 0.3) is 0 Å². The van der Waals surface area contributed by atoms with Gasteiger partial charge in [-0.1, -0.05) is 28.1 Å². The van der Waals surface area contributed by atoms with Crippen LogP contribution in [0.4, 0.5) is 0 Å². The first-order chi connectivity index (χ1) is 7.29. The number of hydrogen-bond donors (Lipinski definition) is 1. The number of nitrogens with zero attached hydrogens (tertiary/aromatic N) is 1. The van der Waals surface area contributed by atoms with E-state index in [2.05, 4.69) is 20.9 Å². The van der Waals surface area contributed by atoms with Crippen molar-refractivity contribution in [2.75, 3.05) is 6.54 Å². The van der Waals surface area contributed by atoms with Crippen LogP contribution in [0.3, 0.4) is 0 Å². The van der Waals surface area contributed by atoms with Crippen LogP contribution in [0.15, 0.2) is 39.4 Å². The molecule has 2 aromatic rings. The first-order valence-electron chi connectivity index (χ1n) is 4.70. The maximum Gasteiger partial charge on any atom is 0.195 e. The van der Waals surface area contributed by atoms with Crippen molar-refractivity contribution in [2.45, 2.75) is 6.42 Å². The van der Waals surface area contributed by atoms with Gasteiger partial charge >= 0.3 is 0 Å². The Morgan fingerprint density at radius 2 is 2.27 bits per heavy atom. The smallest absolute Gasteiger partial charge is 0.195 e. The van der Waals surface area contributed by atoms with Gasteiger partial charge in [-0.3, -0.25) is 0 Å². The van der Waals surface area contributed by atoms with Crippen LogP contribution in [-0.4, -0.2) is 11.5 Å². The molecular formula is C11H11BrN2O. The molecule has 0 aliphatic heterocycles. The van der Waals surface area contributed by atoms with E-state index in [0.29, 0.717) is 18.9 Å². The van der Waals surface area contributed by atoms with Gasteiger partial charge in [0.1, 0.15) is 12.0 Å². The van der Waals surface area contributed by atoms with Crippen LogP contribution in [-0.2, 0) is 6.42 Å². The lowest BCUT2D eigenvalue weighted by Crippen LogP contribution is -2.02. The van der Waals surface area contributed by atoms with Crippen LogP contribution in [0.25, 0.3) is 11.3 Å². The molecule has 0 radical (unpaired) electrons. The molecule has 0 atom stereocenters. The van der Waals surface area contributed by atoms with Gasteiger partial charge in [-0.05, 0) is 12.1 Å². The highest BCUT2D eigenvalue weighted by Gasteiger charge is 2.05. The zero-order valence-corrected chi connectivity index (χ0v) is 9.70. The molecule has 0 bridgehead atoms. The fraction of sp³-hybridized carbons (Fsp3) is 0.182. The molecule has 0 spiro atoms. The molecule has 0 unspecified atom stereocenters. The van der Waals surface area contributed by atoms with Gasteiger partial charge in [0, 0.05) is 23.0 Å². The molecule has 0 saturated carbocycles. The Bertz CT molecular complexity index is 453. The SMILES string of the molecule is NCCc1nc(-c2cccc(Br)c2)co1. The average molecular weight is 267 g/mol. The van der Waals surface area contributed by atoms with Crippen LogP contribution < -0.4 is 5.73 Å². The van der Waals surface area contributed by atoms with Crippen LogP contribution in [0.1, 0.15) is 5.89 Å². The van der Waals surface area contributed by atoms with Gasteiger partial charge in [0.15, 0.2) is 5.89 Å². The summed E-state index contributed by atoms with van der Waals surface area (Å²) in [5, 5.41) is 0. The Morgan fingerprint density at radius 3 is 3.00 bits per heavy atom. The maximum atomic E-state index is 5.43. The van der Waals surface area contributed by atoms with E-state index >= 15 is 0 Å². The highest BCUT2D eigenvalue weighted by Crippen LogP contribution is 2.22. The third-order valence-corrected chi connectivity index (χ3v) is 2.52. The van der Waals surface area contributed by atoms with E-state index in [-0.39, 0.29) is 0 Å². The first-order valence-corrected chi connectivity index (χ1v) is 5.49. The lowest BCUT2D eigenvalue weighted by molar-refractivity contribution is 0.496. The molecule has 0 saturated heterocycles. The van der Waals surface area contributed by atoms with E-state index in [9.17, 15) is 0 Å². The third kappa shape index (κ3) is 2.46. The minimum Gasteiger partial charge on any atom is -0.448 e. The van der Waals surface area contributed by atoms with Crippen molar-refractivity contribution in [3.63, 3.8) is 0 Å². The molecule has 15 heavy (non-hydrogen) atoms. The van der Waals surface area contributed by atoms with Crippen molar-refractivity contribution in [1.29, 1.82) is 0 Å². The molecule has 4 heteroatoms. The minimum atomic E-state index is 0.554. The number of aromatic nitrogens is 1. The fourth-order valence-electron chi connectivity index (χ4n) is 1.33. The van der Waals surface area contributed by atoms with Crippen LogP contribution >= 0.6 is 15.9 Å². The Kier molecular flexibility index (Phi) is 3.18. The molecule has 0 amide bonds. The molecule has 0 aliphatic rings. The topological polar surface area (TPSA) is 52.0 Å². The van der Waals surface area contributed by atoms with E-state index in [1.165, 1.54) is 0 Å². The number of halogens is 1. The van der Waals surface area contributed by atoms with Gasteiger partial charge in [0.2, 0.25) is 0 Å². The largest absolute Gasteiger partial charge is 0.448 e. The standard InChI is InChI=1S/C11H11BrN2O/c12-9-3-1-2-8(6-9)10-7-15-11(14-10)4-5-13/h1-3,6-7H,4-5,13H2. The maximum absolute atomic E-state index is 5.43. The second-order valence-corrected chi connectivity index (χ2v) is 4.09. The third-order valence-electron chi connectivity index (χ3n) is 2.03. The summed E-state index contributed by atoms with van der Waals surface area (Å²) in [4.78, 5) is 4.34. The molecule has 0 aliphatic carbocycles. The van der Waals surface area contributed by atoms with Crippen molar-refractivity contribution in [1.82, 2.24) is 4.98 Å². The zero-order chi connectivity index (χ0) is 10.7. The highest BCUT2D eigenvalue weighted by atomic mass is 79.9. The molecule has 0 fully saturated rings. The summed E-state index contributed by atoms with van der Waals surface area (Å²) < 4.78 is 6.32. The number of oxazole rings is 1. The van der Waals surface area contributed by atoms with E-state index < -0.39 is 0 Å². The monoisotopic (exact) mass is 266 g/mol. The number of nitrogens with two attached hydrogens (primary N) is 1. The van der Waals surface area contributed by atoms with Crippen molar-refractivity contribution < 1.29 is 4.42 Å². The van der Waals surface area contributed by atoms with E-state index in [0.717, 1.165) is 15.7 Å². The van der Waals surface area contributed by atoms with Gasteiger partial charge in [0.05, 0.1) is 0 Å². The summed E-state index contributed by atoms with van der Waals surface area (Å²) in [6.45, 7) is 0.554. The quantitative estimate of drug-likeness (QED) is 0.929. The van der Waals surface area contributed by atoms with E-state index in [4.69, 9.17) is 10.2 Å². The van der Waals surface area contributed by atoms with Crippen molar-refractivity contribution >= 4 is 15.9 Å². The van der Waals surface area contributed by atoms with Gasteiger partial charge < -0.3 is 10.2 Å². The molecule has 1 aromatic heterocycles. The zero-order valence-electron chi connectivity index (χ0n) is 8.11. The lowest BCUT2D eigenvalue weighted by atomic mass is 10.2. The second kappa shape index (κ2) is 4.59. The van der Waals surface area contributed by atoms with E-state index in [1.807, 2.05) is 24.3 Å². The van der Waals surface area contributed by atoms with Crippen LogP contribution in [0.5, 0.6) is 0 Å². The molecule has 1 aromatic carbocycles. The fourth-order valence-corrected chi connectivity index (χ4v) is 1.73. The normalized spacial score (nSPS) is 10.5. The van der Waals surface area contributed by atoms with Crippen molar-refractivity contribution in [3.05, 3.63) is 40.9 Å². The van der Waals surface area contributed by atoms with Crippen LogP contribution in [0.2, 0.25) is 0 Å². The first kappa shape index (κ1) is 10.4. The number of rotatable bonds is 3. The summed E-state index contributed by atoms with van der Waals surface area (Å²) in [5.41, 5.74) is 7.31. The summed E-state index contributed by atoms with van der Waals surface area (Å²) in [6.07, 6.45) is 2.33. The second-order valence-electron chi connectivity index (χ2n) is 3.18. The minimum absolute atomic E-state index is 0.554. The Balaban J connectivity index is 2.29. The molecule has 2 N–H and O–H groups in total. The van der Waals surface area contributed by atoms with Crippen molar-refractivity contribution in [3.8, 4) is 11.3 Å². The van der Waals surface area contributed by atoms with Gasteiger partial charge in [-0.25, -0.2) is 4.98 Å².